The summed E-state index contributed by atoms with van der Waals surface area (Å²) in [5, 5.41) is 0.244. The molecule has 0 aliphatic carbocycles. The molecule has 21 heavy (non-hydrogen) atoms. The average molecular weight is 354 g/mol. The molecule has 1 aromatic carbocycles. The molecule has 8 heteroatoms. The van der Waals surface area contributed by atoms with E-state index in [9.17, 15) is 13.2 Å². The zero-order valence-corrected chi connectivity index (χ0v) is 14.4. The summed E-state index contributed by atoms with van der Waals surface area (Å²) in [6.07, 6.45) is 0. The number of halogens is 2. The zero-order chi connectivity index (χ0) is 16.4. The van der Waals surface area contributed by atoms with Gasteiger partial charge in [-0.25, -0.2) is 8.42 Å². The molecular weight excluding hydrogens is 337 g/mol. The second-order valence-electron chi connectivity index (χ2n) is 5.45. The third-order valence-corrected chi connectivity index (χ3v) is 4.53. The van der Waals surface area contributed by atoms with Crippen molar-refractivity contribution in [1.29, 1.82) is 0 Å². The standard InChI is InChI=1S/C13H17Cl2NO4S/c1-8(12(17)20-13(2,3)4)16-21(18,19)11-7-9(14)5-6-10(11)15/h5-8,16H,1-4H3/t8-/m0/s1. The average Bonchev–Trinajstić information content (AvgIpc) is 2.29. The molecule has 0 aliphatic rings. The third-order valence-electron chi connectivity index (χ3n) is 2.28. The van der Waals surface area contributed by atoms with E-state index in [-0.39, 0.29) is 14.9 Å². The number of esters is 1. The van der Waals surface area contributed by atoms with Crippen molar-refractivity contribution in [2.24, 2.45) is 0 Å². The number of carbonyl (C=O) groups excluding carboxylic acids is 1. The highest BCUT2D eigenvalue weighted by Gasteiger charge is 2.27. The molecule has 1 N–H and O–H groups in total. The minimum Gasteiger partial charge on any atom is -0.459 e. The quantitative estimate of drug-likeness (QED) is 0.844. The lowest BCUT2D eigenvalue weighted by Crippen LogP contribution is -2.42. The second kappa shape index (κ2) is 6.52. The zero-order valence-electron chi connectivity index (χ0n) is 12.1. The molecule has 0 bridgehead atoms. The normalized spacial score (nSPS) is 13.8. The van der Waals surface area contributed by atoms with E-state index in [1.807, 2.05) is 0 Å². The minimum atomic E-state index is -3.98. The summed E-state index contributed by atoms with van der Waals surface area (Å²) in [4.78, 5) is 11.6. The first-order valence-electron chi connectivity index (χ1n) is 6.12. The number of benzene rings is 1. The Bertz CT molecular complexity index is 638. The molecule has 0 saturated carbocycles. The van der Waals surface area contributed by atoms with Crippen LogP contribution in [-0.2, 0) is 19.6 Å². The van der Waals surface area contributed by atoms with Gasteiger partial charge in [0.05, 0.1) is 5.02 Å². The smallest absolute Gasteiger partial charge is 0.324 e. The molecule has 118 valence electrons. The van der Waals surface area contributed by atoms with Crippen molar-refractivity contribution in [3.63, 3.8) is 0 Å². The van der Waals surface area contributed by atoms with Crippen LogP contribution in [-0.4, -0.2) is 26.0 Å². The van der Waals surface area contributed by atoms with E-state index in [2.05, 4.69) is 4.72 Å². The topological polar surface area (TPSA) is 72.5 Å². The van der Waals surface area contributed by atoms with Gasteiger partial charge in [0, 0.05) is 5.02 Å². The predicted octanol–water partition coefficient (Wildman–Crippen LogP) is 3.00. The Labute approximate surface area is 134 Å². The highest BCUT2D eigenvalue weighted by molar-refractivity contribution is 7.89. The van der Waals surface area contributed by atoms with Gasteiger partial charge in [-0.05, 0) is 45.9 Å². The van der Waals surface area contributed by atoms with E-state index >= 15 is 0 Å². The van der Waals surface area contributed by atoms with Crippen LogP contribution in [0.1, 0.15) is 27.7 Å². The molecule has 0 heterocycles. The van der Waals surface area contributed by atoms with Crippen LogP contribution < -0.4 is 4.72 Å². The van der Waals surface area contributed by atoms with Crippen LogP contribution in [0.2, 0.25) is 10.0 Å². The first kappa shape index (κ1) is 18.2. The van der Waals surface area contributed by atoms with E-state index < -0.39 is 27.6 Å². The van der Waals surface area contributed by atoms with Crippen LogP contribution in [0.3, 0.4) is 0 Å². The summed E-state index contributed by atoms with van der Waals surface area (Å²) in [6, 6.07) is 3.01. The van der Waals surface area contributed by atoms with Crippen molar-refractivity contribution in [1.82, 2.24) is 4.72 Å². The van der Waals surface area contributed by atoms with E-state index in [1.54, 1.807) is 20.8 Å². The lowest BCUT2D eigenvalue weighted by atomic mass is 10.2. The molecule has 1 atom stereocenters. The molecule has 1 rings (SSSR count). The maximum atomic E-state index is 12.2. The molecule has 0 saturated heterocycles. The Kier molecular flexibility index (Phi) is 5.66. The van der Waals surface area contributed by atoms with Gasteiger partial charge in [0.15, 0.2) is 0 Å². The molecule has 0 aromatic heterocycles. The van der Waals surface area contributed by atoms with Crippen molar-refractivity contribution < 1.29 is 17.9 Å². The summed E-state index contributed by atoms with van der Waals surface area (Å²) < 4.78 is 31.8. The van der Waals surface area contributed by atoms with Crippen molar-refractivity contribution in [3.05, 3.63) is 28.2 Å². The fourth-order valence-electron chi connectivity index (χ4n) is 1.42. The summed E-state index contributed by atoms with van der Waals surface area (Å²) in [5.74, 6) is -0.677. The minimum absolute atomic E-state index is 0.0169. The van der Waals surface area contributed by atoms with Crippen LogP contribution in [0.4, 0.5) is 0 Å². The molecule has 0 aliphatic heterocycles. The largest absolute Gasteiger partial charge is 0.459 e. The number of hydrogen-bond donors (Lipinski definition) is 1. The summed E-state index contributed by atoms with van der Waals surface area (Å²) >= 11 is 11.6. The Balaban J connectivity index is 2.95. The number of hydrogen-bond acceptors (Lipinski definition) is 4. The van der Waals surface area contributed by atoms with Gasteiger partial charge in [-0.1, -0.05) is 23.2 Å². The van der Waals surface area contributed by atoms with Gasteiger partial charge in [-0.3, -0.25) is 4.79 Å². The first-order chi connectivity index (χ1) is 9.42. The fraction of sp³-hybridized carbons (Fsp3) is 0.462. The maximum absolute atomic E-state index is 12.2. The predicted molar refractivity (Wildman–Crippen MR) is 82.1 cm³/mol. The highest BCUT2D eigenvalue weighted by Crippen LogP contribution is 2.25. The van der Waals surface area contributed by atoms with Gasteiger partial charge in [-0.15, -0.1) is 0 Å². The van der Waals surface area contributed by atoms with Gasteiger partial charge in [-0.2, -0.15) is 4.72 Å². The van der Waals surface area contributed by atoms with Crippen molar-refractivity contribution >= 4 is 39.2 Å². The summed E-state index contributed by atoms with van der Waals surface area (Å²) in [7, 11) is -3.98. The molecule has 0 unspecified atom stereocenters. The van der Waals surface area contributed by atoms with Crippen LogP contribution in [0.25, 0.3) is 0 Å². The number of ether oxygens (including phenoxy) is 1. The molecule has 0 spiro atoms. The molecule has 1 aromatic rings. The van der Waals surface area contributed by atoms with Crippen molar-refractivity contribution in [2.75, 3.05) is 0 Å². The lowest BCUT2D eigenvalue weighted by Gasteiger charge is -2.22. The number of nitrogens with one attached hydrogen (secondary N) is 1. The van der Waals surface area contributed by atoms with Crippen LogP contribution in [0.15, 0.2) is 23.1 Å². The van der Waals surface area contributed by atoms with Gasteiger partial charge in [0.25, 0.3) is 0 Å². The summed E-state index contributed by atoms with van der Waals surface area (Å²) in [6.45, 7) is 6.48. The van der Waals surface area contributed by atoms with Gasteiger partial charge >= 0.3 is 5.97 Å². The SMILES string of the molecule is C[C@H](NS(=O)(=O)c1cc(Cl)ccc1Cl)C(=O)OC(C)(C)C. The van der Waals surface area contributed by atoms with E-state index in [0.29, 0.717) is 0 Å². The second-order valence-corrected chi connectivity index (χ2v) is 7.98. The number of carbonyl (C=O) groups is 1. The van der Waals surface area contributed by atoms with Crippen LogP contribution >= 0.6 is 23.2 Å². The Hall–Kier alpha value is -0.820. The monoisotopic (exact) mass is 353 g/mol. The van der Waals surface area contributed by atoms with Crippen LogP contribution in [0.5, 0.6) is 0 Å². The molecule has 0 radical (unpaired) electrons. The van der Waals surface area contributed by atoms with Gasteiger partial charge < -0.3 is 4.74 Å². The number of sulfonamides is 1. The van der Waals surface area contributed by atoms with Crippen molar-refractivity contribution in [2.45, 2.75) is 44.2 Å². The molecule has 0 amide bonds. The lowest BCUT2D eigenvalue weighted by molar-refractivity contribution is -0.156. The molecule has 0 fully saturated rings. The molecular formula is C13H17Cl2NO4S. The van der Waals surface area contributed by atoms with Gasteiger partial charge in [0.2, 0.25) is 10.0 Å². The molecule has 5 nitrogen and oxygen atoms in total. The van der Waals surface area contributed by atoms with Gasteiger partial charge in [0.1, 0.15) is 16.5 Å². The van der Waals surface area contributed by atoms with Crippen LogP contribution in [0, 0.1) is 0 Å². The summed E-state index contributed by atoms with van der Waals surface area (Å²) in [5.41, 5.74) is -0.704. The fourth-order valence-corrected chi connectivity index (χ4v) is 3.37. The first-order valence-corrected chi connectivity index (χ1v) is 8.36. The van der Waals surface area contributed by atoms with Crippen molar-refractivity contribution in [3.8, 4) is 0 Å². The van der Waals surface area contributed by atoms with E-state index in [4.69, 9.17) is 27.9 Å². The maximum Gasteiger partial charge on any atom is 0.324 e. The Morgan fingerprint density at radius 2 is 1.86 bits per heavy atom. The van der Waals surface area contributed by atoms with E-state index in [0.717, 1.165) is 0 Å². The Morgan fingerprint density at radius 3 is 2.38 bits per heavy atom. The number of rotatable bonds is 4. The Morgan fingerprint density at radius 1 is 1.29 bits per heavy atom. The highest BCUT2D eigenvalue weighted by atomic mass is 35.5. The van der Waals surface area contributed by atoms with E-state index in [1.165, 1.54) is 25.1 Å². The third kappa shape index (κ3) is 5.47.